The van der Waals surface area contributed by atoms with E-state index < -0.39 is 0 Å². The van der Waals surface area contributed by atoms with E-state index in [1.165, 1.54) is 88.2 Å². The summed E-state index contributed by atoms with van der Waals surface area (Å²) in [5, 5.41) is 0.839. The van der Waals surface area contributed by atoms with Crippen molar-refractivity contribution < 1.29 is 0 Å². The molecule has 0 saturated heterocycles. The minimum Gasteiger partial charge on any atom is -0.0915 e. The first-order chi connectivity index (χ1) is 17.5. The van der Waals surface area contributed by atoms with E-state index in [-0.39, 0.29) is 0 Å². The minimum atomic E-state index is 0.839. The average molecular weight is 501 g/mol. The summed E-state index contributed by atoms with van der Waals surface area (Å²) >= 11 is 6.48. The van der Waals surface area contributed by atoms with Gasteiger partial charge in [0.2, 0.25) is 0 Å². The molecule has 0 aromatic heterocycles. The smallest absolute Gasteiger partial charge is 0.0411 e. The first-order valence-electron chi connectivity index (χ1n) is 15.0. The van der Waals surface area contributed by atoms with Crippen LogP contribution in [0, 0.1) is 41.4 Å². The Morgan fingerprint density at radius 2 is 1.67 bits per heavy atom. The maximum Gasteiger partial charge on any atom is 0.0411 e. The van der Waals surface area contributed by atoms with Gasteiger partial charge in [-0.1, -0.05) is 72.5 Å². The van der Waals surface area contributed by atoms with Gasteiger partial charge in [0.25, 0.3) is 0 Å². The maximum atomic E-state index is 6.48. The third kappa shape index (κ3) is 5.50. The molecule has 0 radical (unpaired) electrons. The number of hydrogen-bond donors (Lipinski definition) is 0. The van der Waals surface area contributed by atoms with Crippen LogP contribution in [0.25, 0.3) is 0 Å². The molecule has 6 aliphatic rings. The van der Waals surface area contributed by atoms with Gasteiger partial charge in [0.1, 0.15) is 0 Å². The SMILES string of the molecule is C=C1C=C(CC2=CCC3CCC(C2)C3CC2CCC(C3CC=CC=C3C3CC3)CC2)C=C(Cl)C=C1C. The Morgan fingerprint density at radius 3 is 2.47 bits per heavy atom. The summed E-state index contributed by atoms with van der Waals surface area (Å²) in [4.78, 5) is 0. The normalized spacial score (nSPS) is 36.8. The van der Waals surface area contributed by atoms with E-state index in [1.807, 2.05) is 5.57 Å². The van der Waals surface area contributed by atoms with Crippen molar-refractivity contribution in [1.82, 2.24) is 0 Å². The van der Waals surface area contributed by atoms with Crippen LogP contribution in [0.3, 0.4) is 0 Å². The first kappa shape index (κ1) is 24.8. The lowest BCUT2D eigenvalue weighted by Gasteiger charge is -2.37. The second-order valence-corrected chi connectivity index (χ2v) is 13.5. The Labute approximate surface area is 225 Å². The molecule has 1 heteroatoms. The van der Waals surface area contributed by atoms with Gasteiger partial charge in [-0.15, -0.1) is 0 Å². The van der Waals surface area contributed by atoms with Crippen molar-refractivity contribution in [3.63, 3.8) is 0 Å². The van der Waals surface area contributed by atoms with Crippen molar-refractivity contribution >= 4 is 11.6 Å². The highest BCUT2D eigenvalue weighted by Gasteiger charge is 2.41. The van der Waals surface area contributed by atoms with Crippen LogP contribution in [0.2, 0.25) is 0 Å². The second-order valence-electron chi connectivity index (χ2n) is 13.1. The Kier molecular flexibility index (Phi) is 7.36. The van der Waals surface area contributed by atoms with Gasteiger partial charge in [-0.05, 0) is 148 Å². The molecule has 6 rings (SSSR count). The van der Waals surface area contributed by atoms with Gasteiger partial charge < -0.3 is 0 Å². The molecule has 192 valence electrons. The van der Waals surface area contributed by atoms with Crippen LogP contribution in [-0.4, -0.2) is 0 Å². The predicted octanol–water partition coefficient (Wildman–Crippen LogP) is 10.4. The highest BCUT2D eigenvalue weighted by molar-refractivity contribution is 6.31. The Morgan fingerprint density at radius 1 is 0.889 bits per heavy atom. The molecule has 2 bridgehead atoms. The first-order valence-corrected chi connectivity index (χ1v) is 15.4. The van der Waals surface area contributed by atoms with Crippen molar-refractivity contribution in [2.24, 2.45) is 41.4 Å². The number of halogens is 1. The van der Waals surface area contributed by atoms with Crippen LogP contribution >= 0.6 is 11.6 Å². The fraction of sp³-hybridized carbons (Fsp3) is 0.600. The molecule has 4 atom stereocenters. The van der Waals surface area contributed by atoms with Gasteiger partial charge in [0.15, 0.2) is 0 Å². The van der Waals surface area contributed by atoms with E-state index in [1.54, 1.807) is 5.57 Å². The van der Waals surface area contributed by atoms with Gasteiger partial charge in [0, 0.05) is 5.03 Å². The molecule has 0 spiro atoms. The van der Waals surface area contributed by atoms with Crippen LogP contribution in [0.5, 0.6) is 0 Å². The molecule has 0 aromatic carbocycles. The molecule has 3 saturated carbocycles. The molecule has 0 heterocycles. The van der Waals surface area contributed by atoms with E-state index in [9.17, 15) is 0 Å². The summed E-state index contributed by atoms with van der Waals surface area (Å²) < 4.78 is 0. The summed E-state index contributed by atoms with van der Waals surface area (Å²) in [5.74, 6) is 6.55. The van der Waals surface area contributed by atoms with E-state index in [4.69, 9.17) is 11.6 Å². The van der Waals surface area contributed by atoms with Crippen molar-refractivity contribution in [3.8, 4) is 0 Å². The molecule has 4 unspecified atom stereocenters. The predicted molar refractivity (Wildman–Crippen MR) is 155 cm³/mol. The fourth-order valence-corrected chi connectivity index (χ4v) is 8.82. The van der Waals surface area contributed by atoms with Gasteiger partial charge in [-0.25, -0.2) is 0 Å². The third-order valence-electron chi connectivity index (χ3n) is 10.7. The van der Waals surface area contributed by atoms with E-state index in [2.05, 4.69) is 56.0 Å². The van der Waals surface area contributed by atoms with E-state index in [0.29, 0.717) is 0 Å². The van der Waals surface area contributed by atoms with Crippen molar-refractivity contribution in [1.29, 1.82) is 0 Å². The molecular formula is C35H45Cl. The zero-order valence-corrected chi connectivity index (χ0v) is 23.1. The van der Waals surface area contributed by atoms with Crippen molar-refractivity contribution in [2.75, 3.05) is 0 Å². The maximum absolute atomic E-state index is 6.48. The second kappa shape index (κ2) is 10.7. The minimum absolute atomic E-state index is 0.839. The number of rotatable bonds is 6. The number of fused-ring (bicyclic) bond motifs is 2. The monoisotopic (exact) mass is 500 g/mol. The summed E-state index contributed by atoms with van der Waals surface area (Å²) in [5.41, 5.74) is 7.09. The molecule has 0 aromatic rings. The lowest BCUT2D eigenvalue weighted by molar-refractivity contribution is 0.169. The van der Waals surface area contributed by atoms with Crippen molar-refractivity contribution in [3.05, 3.63) is 82.0 Å². The van der Waals surface area contributed by atoms with Crippen LogP contribution in [0.4, 0.5) is 0 Å². The molecule has 0 N–H and O–H groups in total. The van der Waals surface area contributed by atoms with Gasteiger partial charge in [-0.3, -0.25) is 0 Å². The molecule has 0 nitrogen and oxygen atoms in total. The molecule has 0 amide bonds. The number of allylic oxidation sites excluding steroid dienone is 13. The number of hydrogen-bond acceptors (Lipinski definition) is 0. The van der Waals surface area contributed by atoms with Gasteiger partial charge >= 0.3 is 0 Å². The van der Waals surface area contributed by atoms with Gasteiger partial charge in [0.05, 0.1) is 0 Å². The quantitative estimate of drug-likeness (QED) is 0.318. The van der Waals surface area contributed by atoms with Crippen LogP contribution in [0.1, 0.15) is 90.4 Å². The summed E-state index contributed by atoms with van der Waals surface area (Å²) in [6, 6.07) is 0. The van der Waals surface area contributed by atoms with Crippen LogP contribution in [0.15, 0.2) is 82.0 Å². The average Bonchev–Trinajstić information content (AvgIpc) is 3.67. The van der Waals surface area contributed by atoms with Crippen molar-refractivity contribution in [2.45, 2.75) is 90.4 Å². The molecule has 0 aliphatic heterocycles. The molecular weight excluding hydrogens is 456 g/mol. The fourth-order valence-electron chi connectivity index (χ4n) is 8.51. The third-order valence-corrected chi connectivity index (χ3v) is 10.9. The largest absolute Gasteiger partial charge is 0.0915 e. The van der Waals surface area contributed by atoms with Gasteiger partial charge in [-0.2, -0.15) is 0 Å². The van der Waals surface area contributed by atoms with Crippen LogP contribution < -0.4 is 0 Å². The summed E-state index contributed by atoms with van der Waals surface area (Å²) in [7, 11) is 0. The Hall–Kier alpha value is -1.53. The van der Waals surface area contributed by atoms with E-state index >= 15 is 0 Å². The highest BCUT2D eigenvalue weighted by Crippen LogP contribution is 2.52. The molecule has 6 aliphatic carbocycles. The summed E-state index contributed by atoms with van der Waals surface area (Å²) in [6.07, 6.45) is 34.6. The Bertz CT molecular complexity index is 1050. The standard InChI is InChI=1S/C35H45Cl/c1-23-17-27(21-32(36)18-24(23)2)19-26-9-12-30-15-16-31(20-26)35(30)22-25-7-10-28(11-8-25)33-5-3-4-6-34(33)29-13-14-29/h3-4,6,9,17-18,21,25,28-31,33,35H,1,5,7-8,10-16,19-20,22H2,2H3. The lowest BCUT2D eigenvalue weighted by Crippen LogP contribution is -2.26. The zero-order valence-electron chi connectivity index (χ0n) is 22.4. The van der Waals surface area contributed by atoms with Crippen LogP contribution in [-0.2, 0) is 0 Å². The van der Waals surface area contributed by atoms with E-state index in [0.717, 1.165) is 58.5 Å². The summed E-state index contributed by atoms with van der Waals surface area (Å²) in [6.45, 7) is 6.36. The lowest BCUT2D eigenvalue weighted by atomic mass is 9.68. The molecule has 3 fully saturated rings. The molecule has 36 heavy (non-hydrogen) atoms. The topological polar surface area (TPSA) is 0 Å². The highest BCUT2D eigenvalue weighted by atomic mass is 35.5. The zero-order chi connectivity index (χ0) is 24.6. The Balaban J connectivity index is 1.04.